The molecule has 0 saturated heterocycles. The number of nitrogens with zero attached hydrogens (tertiary/aromatic N) is 1. The average Bonchev–Trinajstić information content (AvgIpc) is 3.02. The van der Waals surface area contributed by atoms with Crippen molar-refractivity contribution in [3.8, 4) is 5.75 Å². The number of nitro groups is 1. The predicted molar refractivity (Wildman–Crippen MR) is 54.6 cm³/mol. The van der Waals surface area contributed by atoms with Crippen LogP contribution in [0.4, 0.5) is 5.69 Å². The Morgan fingerprint density at radius 3 is 2.80 bits per heavy atom. The number of benzene rings is 1. The number of ether oxygens (including phenoxy) is 1. The summed E-state index contributed by atoms with van der Waals surface area (Å²) in [5.74, 6) is 0.672. The largest absolute Gasteiger partial charge is 0.490 e. The van der Waals surface area contributed by atoms with Crippen LogP contribution < -0.4 is 10.5 Å². The van der Waals surface area contributed by atoms with Crippen molar-refractivity contribution in [1.82, 2.24) is 0 Å². The summed E-state index contributed by atoms with van der Waals surface area (Å²) in [5, 5.41) is 10.5. The van der Waals surface area contributed by atoms with Crippen LogP contribution in [0.5, 0.6) is 5.75 Å². The minimum atomic E-state index is -0.430. The van der Waals surface area contributed by atoms with Crippen molar-refractivity contribution in [2.75, 3.05) is 0 Å². The first-order chi connectivity index (χ1) is 7.20. The molecule has 5 nitrogen and oxygen atoms in total. The van der Waals surface area contributed by atoms with E-state index in [0.29, 0.717) is 11.3 Å². The molecule has 0 unspecified atom stereocenters. The first-order valence-electron chi connectivity index (χ1n) is 4.84. The van der Waals surface area contributed by atoms with Crippen LogP contribution in [-0.4, -0.2) is 11.0 Å². The molecule has 0 spiro atoms. The summed E-state index contributed by atoms with van der Waals surface area (Å²) < 4.78 is 5.58. The summed E-state index contributed by atoms with van der Waals surface area (Å²) in [5.41, 5.74) is 6.26. The van der Waals surface area contributed by atoms with E-state index in [9.17, 15) is 10.1 Å². The molecule has 0 bridgehead atoms. The highest BCUT2D eigenvalue weighted by molar-refractivity contribution is 5.43. The molecule has 80 valence electrons. The maximum Gasteiger partial charge on any atom is 0.270 e. The van der Waals surface area contributed by atoms with E-state index in [-0.39, 0.29) is 18.3 Å². The van der Waals surface area contributed by atoms with Crippen molar-refractivity contribution in [1.29, 1.82) is 0 Å². The highest BCUT2D eigenvalue weighted by atomic mass is 16.6. The van der Waals surface area contributed by atoms with E-state index in [4.69, 9.17) is 10.5 Å². The van der Waals surface area contributed by atoms with E-state index in [0.717, 1.165) is 12.8 Å². The van der Waals surface area contributed by atoms with Gasteiger partial charge in [0.1, 0.15) is 5.75 Å². The van der Waals surface area contributed by atoms with Gasteiger partial charge in [-0.1, -0.05) is 0 Å². The van der Waals surface area contributed by atoms with Gasteiger partial charge in [0.2, 0.25) is 0 Å². The maximum absolute atomic E-state index is 10.5. The first-order valence-corrected chi connectivity index (χ1v) is 4.84. The Hall–Kier alpha value is -1.62. The molecule has 1 aromatic carbocycles. The van der Waals surface area contributed by atoms with Crippen molar-refractivity contribution >= 4 is 5.69 Å². The van der Waals surface area contributed by atoms with Crippen LogP contribution in [0.1, 0.15) is 18.4 Å². The van der Waals surface area contributed by atoms with E-state index >= 15 is 0 Å². The van der Waals surface area contributed by atoms with Gasteiger partial charge in [-0.3, -0.25) is 10.1 Å². The van der Waals surface area contributed by atoms with Gasteiger partial charge in [0, 0.05) is 24.2 Å². The number of rotatable bonds is 4. The molecule has 2 N–H and O–H groups in total. The third kappa shape index (κ3) is 2.24. The second-order valence-corrected chi connectivity index (χ2v) is 3.57. The molecular weight excluding hydrogens is 196 g/mol. The van der Waals surface area contributed by atoms with Crippen LogP contribution in [0.15, 0.2) is 18.2 Å². The highest BCUT2D eigenvalue weighted by Gasteiger charge is 2.24. The van der Waals surface area contributed by atoms with Crippen LogP contribution >= 0.6 is 0 Å². The van der Waals surface area contributed by atoms with E-state index in [1.54, 1.807) is 6.07 Å². The fraction of sp³-hybridized carbons (Fsp3) is 0.400. The Kier molecular flexibility index (Phi) is 2.55. The molecule has 0 aliphatic heterocycles. The van der Waals surface area contributed by atoms with Gasteiger partial charge in [0.15, 0.2) is 0 Å². The number of non-ortho nitro benzene ring substituents is 1. The third-order valence-electron chi connectivity index (χ3n) is 2.29. The molecule has 0 atom stereocenters. The molecule has 1 saturated carbocycles. The third-order valence-corrected chi connectivity index (χ3v) is 2.29. The first kappa shape index (κ1) is 9.92. The molecule has 0 aromatic heterocycles. The van der Waals surface area contributed by atoms with Gasteiger partial charge in [-0.2, -0.15) is 0 Å². The fourth-order valence-corrected chi connectivity index (χ4v) is 1.32. The zero-order valence-electron chi connectivity index (χ0n) is 8.18. The summed E-state index contributed by atoms with van der Waals surface area (Å²) in [6.45, 7) is 0.254. The van der Waals surface area contributed by atoms with E-state index in [2.05, 4.69) is 0 Å². The maximum atomic E-state index is 10.5. The minimum absolute atomic E-state index is 0.0543. The van der Waals surface area contributed by atoms with Crippen LogP contribution in [0.3, 0.4) is 0 Å². The lowest BCUT2D eigenvalue weighted by atomic mass is 10.2. The smallest absolute Gasteiger partial charge is 0.270 e. The van der Waals surface area contributed by atoms with Crippen molar-refractivity contribution in [3.05, 3.63) is 33.9 Å². The normalized spacial score (nSPS) is 15.0. The van der Waals surface area contributed by atoms with Gasteiger partial charge >= 0.3 is 0 Å². The van der Waals surface area contributed by atoms with E-state index in [1.807, 2.05) is 0 Å². The van der Waals surface area contributed by atoms with Crippen LogP contribution in [0.2, 0.25) is 0 Å². The van der Waals surface area contributed by atoms with Crippen molar-refractivity contribution in [2.24, 2.45) is 5.73 Å². The number of hydrogen-bond acceptors (Lipinski definition) is 4. The quantitative estimate of drug-likeness (QED) is 0.602. The topological polar surface area (TPSA) is 78.4 Å². The molecule has 1 aliphatic rings. The number of nitrogens with two attached hydrogens (primary N) is 1. The SMILES string of the molecule is NCc1cc([N+](=O)[O-])ccc1OC1CC1. The van der Waals surface area contributed by atoms with E-state index in [1.165, 1.54) is 12.1 Å². The van der Waals surface area contributed by atoms with Crippen LogP contribution in [0.25, 0.3) is 0 Å². The van der Waals surface area contributed by atoms with Gasteiger partial charge in [0.05, 0.1) is 11.0 Å². The van der Waals surface area contributed by atoms with Crippen LogP contribution in [-0.2, 0) is 6.54 Å². The predicted octanol–water partition coefficient (Wildman–Crippen LogP) is 1.59. The van der Waals surface area contributed by atoms with E-state index < -0.39 is 4.92 Å². The second-order valence-electron chi connectivity index (χ2n) is 3.57. The molecule has 0 heterocycles. The zero-order valence-corrected chi connectivity index (χ0v) is 8.18. The Balaban J connectivity index is 2.25. The molecule has 1 aliphatic carbocycles. The summed E-state index contributed by atoms with van der Waals surface area (Å²) in [7, 11) is 0. The van der Waals surface area contributed by atoms with Crippen molar-refractivity contribution < 1.29 is 9.66 Å². The van der Waals surface area contributed by atoms with Gasteiger partial charge < -0.3 is 10.5 Å². The molecular formula is C10H12N2O3. The fourth-order valence-electron chi connectivity index (χ4n) is 1.32. The van der Waals surface area contributed by atoms with Gasteiger partial charge in [0.25, 0.3) is 5.69 Å². The molecule has 0 radical (unpaired) electrons. The Bertz CT molecular complexity index is 388. The zero-order chi connectivity index (χ0) is 10.8. The summed E-state index contributed by atoms with van der Waals surface area (Å²) in [6.07, 6.45) is 2.39. The molecule has 1 fully saturated rings. The molecule has 2 rings (SSSR count). The Labute approximate surface area is 87.0 Å². The molecule has 15 heavy (non-hydrogen) atoms. The summed E-state index contributed by atoms with van der Waals surface area (Å²) in [6, 6.07) is 4.53. The van der Waals surface area contributed by atoms with Crippen LogP contribution in [0, 0.1) is 10.1 Å². The van der Waals surface area contributed by atoms with Gasteiger partial charge in [-0.25, -0.2) is 0 Å². The standard InChI is InChI=1S/C10H12N2O3/c11-6-7-5-8(12(13)14)1-4-10(7)15-9-2-3-9/h1,4-5,9H,2-3,6,11H2. The Morgan fingerprint density at radius 1 is 1.53 bits per heavy atom. The summed E-state index contributed by atoms with van der Waals surface area (Å²) >= 11 is 0. The van der Waals surface area contributed by atoms with Crippen molar-refractivity contribution in [2.45, 2.75) is 25.5 Å². The number of nitro benzene ring substituents is 1. The number of hydrogen-bond donors (Lipinski definition) is 1. The molecule has 0 amide bonds. The summed E-state index contributed by atoms with van der Waals surface area (Å²) in [4.78, 5) is 10.1. The lowest BCUT2D eigenvalue weighted by Crippen LogP contribution is -2.04. The van der Waals surface area contributed by atoms with Gasteiger partial charge in [-0.05, 0) is 18.9 Å². The average molecular weight is 208 g/mol. The minimum Gasteiger partial charge on any atom is -0.490 e. The van der Waals surface area contributed by atoms with Gasteiger partial charge in [-0.15, -0.1) is 0 Å². The highest BCUT2D eigenvalue weighted by Crippen LogP contribution is 2.30. The van der Waals surface area contributed by atoms with Crippen molar-refractivity contribution in [3.63, 3.8) is 0 Å². The second kappa shape index (κ2) is 3.86. The molecule has 1 aromatic rings. The lowest BCUT2D eigenvalue weighted by Gasteiger charge is -2.08. The lowest BCUT2D eigenvalue weighted by molar-refractivity contribution is -0.384. The molecule has 5 heteroatoms. The monoisotopic (exact) mass is 208 g/mol. The Morgan fingerprint density at radius 2 is 2.27 bits per heavy atom.